The van der Waals surface area contributed by atoms with E-state index in [4.69, 9.17) is 16.3 Å². The molecule has 2 aromatic carbocycles. The van der Waals surface area contributed by atoms with Crippen LogP contribution in [0.15, 0.2) is 60.7 Å². The van der Waals surface area contributed by atoms with Gasteiger partial charge in [0.2, 0.25) is 21.8 Å². The van der Waals surface area contributed by atoms with Crippen molar-refractivity contribution in [3.05, 3.63) is 71.3 Å². The molecule has 2 aliphatic heterocycles. The third-order valence-electron chi connectivity index (χ3n) is 10.9. The van der Waals surface area contributed by atoms with E-state index >= 15 is 0 Å². The Labute approximate surface area is 296 Å². The number of benzene rings is 2. The number of sulfonamides is 1. The molecule has 4 aliphatic rings. The van der Waals surface area contributed by atoms with E-state index in [2.05, 4.69) is 15.8 Å². The smallest absolute Gasteiger partial charge is 0.274 e. The monoisotopic (exact) mass is 723 g/mol. The molecule has 260 valence electrons. The number of ketones is 1. The first kappa shape index (κ1) is 34.2. The maximum Gasteiger partial charge on any atom is 0.274 e. The molecule has 0 radical (unpaired) electrons. The molecule has 3 aromatic rings. The molecule has 5 atom stereocenters. The standard InChI is InChI=1S/C37H42ClN3O6S2/c1-36(16-17-36)49(45,46)40-34(44)37-21-26(37)12-6-4-2-3-5-11-25(18-24-10-9-13-27(38)19-24)33(43)41-23-28(20-30(41)31(42)22-37)47-35-39-29-14-7-8-15-32(29)48-35/h6-10,12-15,19,25-26,28,30H,2-5,11,16-18,20-23H2,1H3,(H,40,44)/b12-6-/t25-,26+,28-,30+,37-/m1/s1. The van der Waals surface area contributed by atoms with Crippen LogP contribution in [0, 0.1) is 17.3 Å². The average molecular weight is 724 g/mol. The molecule has 0 spiro atoms. The number of thiazole rings is 1. The molecule has 2 amide bonds. The number of nitrogens with zero attached hydrogens (tertiary/aromatic N) is 2. The van der Waals surface area contributed by atoms with E-state index in [1.54, 1.807) is 11.8 Å². The number of halogens is 1. The number of allylic oxidation sites excluding steroid dienone is 2. The van der Waals surface area contributed by atoms with Crippen LogP contribution < -0.4 is 9.46 Å². The molecule has 1 N–H and O–H groups in total. The zero-order valence-corrected chi connectivity index (χ0v) is 30.0. The van der Waals surface area contributed by atoms with Gasteiger partial charge in [-0.15, -0.1) is 0 Å². The van der Waals surface area contributed by atoms with E-state index in [1.807, 2.05) is 54.6 Å². The molecule has 3 fully saturated rings. The van der Waals surface area contributed by atoms with Gasteiger partial charge in [-0.2, -0.15) is 0 Å². The Hall–Kier alpha value is -3.28. The quantitative estimate of drug-likeness (QED) is 0.271. The van der Waals surface area contributed by atoms with Crippen molar-refractivity contribution in [1.82, 2.24) is 14.6 Å². The fourth-order valence-corrected chi connectivity index (χ4v) is 9.84. The second kappa shape index (κ2) is 13.5. The number of aromatic nitrogens is 1. The van der Waals surface area contributed by atoms with Gasteiger partial charge in [-0.3, -0.25) is 19.1 Å². The number of hydrogen-bond acceptors (Lipinski definition) is 8. The highest BCUT2D eigenvalue weighted by atomic mass is 35.5. The minimum atomic E-state index is -3.89. The maximum absolute atomic E-state index is 14.6. The van der Waals surface area contributed by atoms with Gasteiger partial charge in [-0.25, -0.2) is 13.4 Å². The minimum Gasteiger partial charge on any atom is -0.465 e. The van der Waals surface area contributed by atoms with Gasteiger partial charge in [-0.05, 0) is 87.6 Å². The summed E-state index contributed by atoms with van der Waals surface area (Å²) in [4.78, 5) is 49.1. The summed E-state index contributed by atoms with van der Waals surface area (Å²) in [7, 11) is -3.89. The van der Waals surface area contributed by atoms with Crippen LogP contribution in [0.3, 0.4) is 0 Å². The topological polar surface area (TPSA) is 123 Å². The lowest BCUT2D eigenvalue weighted by Gasteiger charge is -2.29. The number of carbonyl (C=O) groups is 3. The molecule has 2 aliphatic carbocycles. The predicted octanol–water partition coefficient (Wildman–Crippen LogP) is 6.64. The van der Waals surface area contributed by atoms with Gasteiger partial charge in [-0.1, -0.05) is 72.2 Å². The largest absolute Gasteiger partial charge is 0.465 e. The van der Waals surface area contributed by atoms with Crippen LogP contribution in [0.2, 0.25) is 5.02 Å². The summed E-state index contributed by atoms with van der Waals surface area (Å²) in [6.07, 6.45) is 9.74. The summed E-state index contributed by atoms with van der Waals surface area (Å²) >= 11 is 7.73. The molecule has 9 nitrogen and oxygen atoms in total. The number of rotatable bonds is 7. The Morgan fingerprint density at radius 2 is 1.94 bits per heavy atom. The van der Waals surface area contributed by atoms with Gasteiger partial charge < -0.3 is 9.64 Å². The number of hydrogen-bond donors (Lipinski definition) is 1. The highest BCUT2D eigenvalue weighted by Gasteiger charge is 2.62. The van der Waals surface area contributed by atoms with Crippen LogP contribution in [0.4, 0.5) is 0 Å². The highest BCUT2D eigenvalue weighted by Crippen LogP contribution is 2.57. The van der Waals surface area contributed by atoms with Gasteiger partial charge in [0.25, 0.3) is 5.19 Å². The summed E-state index contributed by atoms with van der Waals surface area (Å²) in [5.41, 5.74) is 0.602. The van der Waals surface area contributed by atoms with E-state index in [0.717, 1.165) is 41.5 Å². The molecule has 12 heteroatoms. The number of Topliss-reactive ketones (excluding diaryl/α,β-unsaturated/α-hetero) is 1. The van der Waals surface area contributed by atoms with E-state index in [9.17, 15) is 22.8 Å². The SMILES string of the molecule is CC1(S(=O)(=O)NC(=O)[C@]23CC(=O)[C@@H]4C[C@@H](Oc5nc6ccccc6s5)CN4C(=O)[C@@H](Cc4cccc(Cl)c4)CCCCC/C=C\[C@H]2C3)CC1. The summed E-state index contributed by atoms with van der Waals surface area (Å²) in [6.45, 7) is 1.85. The molecule has 0 unspecified atom stereocenters. The molecule has 7 rings (SSSR count). The minimum absolute atomic E-state index is 0.114. The molecule has 1 aromatic heterocycles. The maximum atomic E-state index is 14.6. The lowest BCUT2D eigenvalue weighted by Crippen LogP contribution is -2.47. The number of amides is 2. The number of para-hydroxylation sites is 1. The number of nitrogens with one attached hydrogen (secondary N) is 1. The van der Waals surface area contributed by atoms with Gasteiger partial charge >= 0.3 is 0 Å². The molecule has 0 bridgehead atoms. The van der Waals surface area contributed by atoms with Crippen molar-refractivity contribution in [3.63, 3.8) is 0 Å². The molecule has 1 saturated heterocycles. The second-order valence-electron chi connectivity index (χ2n) is 14.5. The molecule has 3 heterocycles. The number of fused-ring (bicyclic) bond motifs is 3. The van der Waals surface area contributed by atoms with E-state index in [-0.39, 0.29) is 42.9 Å². The fraction of sp³-hybridized carbons (Fsp3) is 0.514. The lowest BCUT2D eigenvalue weighted by molar-refractivity contribution is -0.142. The molecule has 2 saturated carbocycles. The van der Waals surface area contributed by atoms with Crippen LogP contribution >= 0.6 is 22.9 Å². The third-order valence-corrected chi connectivity index (χ3v) is 14.2. The van der Waals surface area contributed by atoms with Crippen LogP contribution in [0.1, 0.15) is 76.7 Å². The zero-order valence-electron chi connectivity index (χ0n) is 27.6. The summed E-state index contributed by atoms with van der Waals surface area (Å²) in [5, 5.41) is 1.08. The van der Waals surface area contributed by atoms with Gasteiger partial charge in [0.15, 0.2) is 5.78 Å². The van der Waals surface area contributed by atoms with Crippen molar-refractivity contribution in [2.45, 2.75) is 94.4 Å². The number of ether oxygens (including phenoxy) is 1. The first-order valence-electron chi connectivity index (χ1n) is 17.3. The Bertz CT molecular complexity index is 1870. The second-order valence-corrected chi connectivity index (χ2v) is 18.1. The Morgan fingerprint density at radius 3 is 2.71 bits per heavy atom. The predicted molar refractivity (Wildman–Crippen MR) is 190 cm³/mol. The summed E-state index contributed by atoms with van der Waals surface area (Å²) in [5.74, 6) is -1.60. The van der Waals surface area contributed by atoms with Crippen LogP contribution in [0.25, 0.3) is 10.2 Å². The molecular formula is C37H42ClN3O6S2. The molecule has 49 heavy (non-hydrogen) atoms. The van der Waals surface area contributed by atoms with Crippen LogP contribution in [-0.4, -0.2) is 59.3 Å². The normalized spacial score (nSPS) is 29.3. The Morgan fingerprint density at radius 1 is 1.12 bits per heavy atom. The number of carbonyl (C=O) groups excluding carboxylic acids is 3. The molecular weight excluding hydrogens is 682 g/mol. The van der Waals surface area contributed by atoms with Crippen molar-refractivity contribution in [1.29, 1.82) is 0 Å². The first-order chi connectivity index (χ1) is 23.5. The Kier molecular flexibility index (Phi) is 9.38. The van der Waals surface area contributed by atoms with E-state index < -0.39 is 38.2 Å². The third kappa shape index (κ3) is 7.17. The average Bonchev–Trinajstić information content (AvgIpc) is 3.87. The van der Waals surface area contributed by atoms with Crippen LogP contribution in [0.5, 0.6) is 5.19 Å². The van der Waals surface area contributed by atoms with E-state index in [1.165, 1.54) is 11.3 Å². The highest BCUT2D eigenvalue weighted by molar-refractivity contribution is 7.91. The summed E-state index contributed by atoms with van der Waals surface area (Å²) in [6, 6.07) is 14.5. The van der Waals surface area contributed by atoms with Gasteiger partial charge in [0, 0.05) is 23.8 Å². The van der Waals surface area contributed by atoms with Crippen molar-refractivity contribution < 1.29 is 27.5 Å². The van der Waals surface area contributed by atoms with Crippen molar-refractivity contribution in [3.8, 4) is 5.19 Å². The van der Waals surface area contributed by atoms with Gasteiger partial charge in [0.05, 0.1) is 33.0 Å². The van der Waals surface area contributed by atoms with E-state index in [0.29, 0.717) is 42.3 Å². The summed E-state index contributed by atoms with van der Waals surface area (Å²) < 4.78 is 35.0. The van der Waals surface area contributed by atoms with Crippen molar-refractivity contribution >= 4 is 60.8 Å². The lowest BCUT2D eigenvalue weighted by atomic mass is 9.90. The zero-order chi connectivity index (χ0) is 34.4. The Balaban J connectivity index is 1.18. The first-order valence-corrected chi connectivity index (χ1v) is 20.0. The van der Waals surface area contributed by atoms with Crippen LogP contribution in [-0.2, 0) is 30.8 Å². The van der Waals surface area contributed by atoms with Crippen molar-refractivity contribution in [2.24, 2.45) is 17.3 Å². The van der Waals surface area contributed by atoms with Crippen molar-refractivity contribution in [2.75, 3.05) is 6.54 Å². The fourth-order valence-electron chi connectivity index (χ4n) is 7.41. The van der Waals surface area contributed by atoms with Gasteiger partial charge in [0.1, 0.15) is 6.10 Å².